The standard InChI is InChI=1S/C7H13FN4/c1-7(8,5-9)3-6-4-12(2)11-10-6/h4H,3,5,9H2,1-2H3. The van der Waals surface area contributed by atoms with Crippen molar-refractivity contribution in [2.75, 3.05) is 6.54 Å². The average Bonchev–Trinajstić information content (AvgIpc) is 2.35. The van der Waals surface area contributed by atoms with Crippen LogP contribution in [0.4, 0.5) is 4.39 Å². The molecule has 0 amide bonds. The van der Waals surface area contributed by atoms with Crippen LogP contribution in [0, 0.1) is 0 Å². The van der Waals surface area contributed by atoms with E-state index in [-0.39, 0.29) is 13.0 Å². The summed E-state index contributed by atoms with van der Waals surface area (Å²) in [7, 11) is 1.74. The van der Waals surface area contributed by atoms with E-state index in [2.05, 4.69) is 10.3 Å². The largest absolute Gasteiger partial charge is 0.328 e. The van der Waals surface area contributed by atoms with Gasteiger partial charge >= 0.3 is 0 Å². The van der Waals surface area contributed by atoms with Gasteiger partial charge < -0.3 is 5.73 Å². The molecule has 2 N–H and O–H groups in total. The van der Waals surface area contributed by atoms with Crippen LogP contribution in [0.25, 0.3) is 0 Å². The number of halogens is 1. The Balaban J connectivity index is 2.63. The molecule has 0 spiro atoms. The van der Waals surface area contributed by atoms with Crippen molar-refractivity contribution in [1.29, 1.82) is 0 Å². The molecule has 4 nitrogen and oxygen atoms in total. The maximum atomic E-state index is 13.3. The Bertz CT molecular complexity index is 256. The number of nitrogens with zero attached hydrogens (tertiary/aromatic N) is 3. The Kier molecular flexibility index (Phi) is 2.42. The molecule has 0 fully saturated rings. The lowest BCUT2D eigenvalue weighted by atomic mass is 10.0. The van der Waals surface area contributed by atoms with Crippen LogP contribution >= 0.6 is 0 Å². The first-order chi connectivity index (χ1) is 5.53. The predicted molar refractivity (Wildman–Crippen MR) is 43.3 cm³/mol. The number of alkyl halides is 1. The number of nitrogens with two attached hydrogens (primary N) is 1. The third-order valence-corrected chi connectivity index (χ3v) is 1.63. The van der Waals surface area contributed by atoms with Crippen molar-refractivity contribution in [1.82, 2.24) is 15.0 Å². The second kappa shape index (κ2) is 3.18. The highest BCUT2D eigenvalue weighted by Crippen LogP contribution is 2.13. The first-order valence-corrected chi connectivity index (χ1v) is 3.78. The van der Waals surface area contributed by atoms with Crippen LogP contribution in [-0.4, -0.2) is 27.2 Å². The number of hydrogen-bond acceptors (Lipinski definition) is 3. The van der Waals surface area contributed by atoms with E-state index in [4.69, 9.17) is 5.73 Å². The molecular formula is C7H13FN4. The smallest absolute Gasteiger partial charge is 0.126 e. The molecule has 1 rings (SSSR count). The molecule has 12 heavy (non-hydrogen) atoms. The fraction of sp³-hybridized carbons (Fsp3) is 0.714. The minimum Gasteiger partial charge on any atom is -0.328 e. The Morgan fingerprint density at radius 2 is 2.42 bits per heavy atom. The second-order valence-electron chi connectivity index (χ2n) is 3.18. The minimum atomic E-state index is -1.38. The maximum absolute atomic E-state index is 13.3. The molecule has 0 aromatic carbocycles. The first-order valence-electron chi connectivity index (χ1n) is 3.78. The van der Waals surface area contributed by atoms with Crippen LogP contribution in [0.1, 0.15) is 12.6 Å². The van der Waals surface area contributed by atoms with Crippen LogP contribution < -0.4 is 5.73 Å². The van der Waals surface area contributed by atoms with Gasteiger partial charge in [0.25, 0.3) is 0 Å². The van der Waals surface area contributed by atoms with Gasteiger partial charge in [0, 0.05) is 26.2 Å². The van der Waals surface area contributed by atoms with Crippen molar-refractivity contribution < 1.29 is 4.39 Å². The Labute approximate surface area is 70.6 Å². The molecule has 0 aliphatic rings. The van der Waals surface area contributed by atoms with E-state index in [1.54, 1.807) is 17.9 Å². The summed E-state index contributed by atoms with van der Waals surface area (Å²) in [5, 5.41) is 7.46. The van der Waals surface area contributed by atoms with Gasteiger partial charge in [-0.15, -0.1) is 5.10 Å². The van der Waals surface area contributed by atoms with Crippen LogP contribution in [0.2, 0.25) is 0 Å². The zero-order valence-corrected chi connectivity index (χ0v) is 7.29. The Hall–Kier alpha value is -0.970. The van der Waals surface area contributed by atoms with Crippen LogP contribution in [0.3, 0.4) is 0 Å². The molecule has 0 aliphatic heterocycles. The molecule has 0 bridgehead atoms. The molecule has 1 atom stereocenters. The molecule has 0 saturated carbocycles. The summed E-state index contributed by atoms with van der Waals surface area (Å²) in [5.41, 5.74) is 4.48. The minimum absolute atomic E-state index is 0.00355. The van der Waals surface area contributed by atoms with Gasteiger partial charge in [0.2, 0.25) is 0 Å². The highest BCUT2D eigenvalue weighted by Gasteiger charge is 2.22. The van der Waals surface area contributed by atoms with Crippen LogP contribution in [-0.2, 0) is 13.5 Å². The molecule has 1 aromatic heterocycles. The van der Waals surface area contributed by atoms with Crippen molar-refractivity contribution in [2.24, 2.45) is 12.8 Å². The predicted octanol–water partition coefficient (Wildman–Crippen LogP) is 0.0445. The fourth-order valence-electron chi connectivity index (χ4n) is 0.926. The van der Waals surface area contributed by atoms with Gasteiger partial charge in [-0.3, -0.25) is 4.68 Å². The van der Waals surface area contributed by atoms with E-state index in [9.17, 15) is 4.39 Å². The third kappa shape index (κ3) is 2.27. The normalized spacial score (nSPS) is 16.0. The van der Waals surface area contributed by atoms with Crippen molar-refractivity contribution in [3.05, 3.63) is 11.9 Å². The van der Waals surface area contributed by atoms with Crippen molar-refractivity contribution in [2.45, 2.75) is 19.0 Å². The summed E-state index contributed by atoms with van der Waals surface area (Å²) in [6.07, 6.45) is 1.91. The quantitative estimate of drug-likeness (QED) is 0.700. The van der Waals surface area contributed by atoms with E-state index < -0.39 is 5.67 Å². The monoisotopic (exact) mass is 172 g/mol. The second-order valence-corrected chi connectivity index (χ2v) is 3.18. The lowest BCUT2D eigenvalue weighted by Crippen LogP contribution is -2.31. The number of aryl methyl sites for hydroxylation is 1. The zero-order valence-electron chi connectivity index (χ0n) is 7.29. The lowest BCUT2D eigenvalue weighted by molar-refractivity contribution is 0.198. The average molecular weight is 172 g/mol. The molecule has 0 saturated heterocycles. The summed E-state index contributed by atoms with van der Waals surface area (Å²) in [5.74, 6) is 0. The summed E-state index contributed by atoms with van der Waals surface area (Å²) < 4.78 is 14.9. The lowest BCUT2D eigenvalue weighted by Gasteiger charge is -2.15. The highest BCUT2D eigenvalue weighted by molar-refractivity contribution is 4.98. The molecule has 1 aromatic rings. The van der Waals surface area contributed by atoms with Gasteiger partial charge in [-0.25, -0.2) is 4.39 Å². The SMILES string of the molecule is Cn1cc(CC(C)(F)CN)nn1. The third-order valence-electron chi connectivity index (χ3n) is 1.63. The highest BCUT2D eigenvalue weighted by atomic mass is 19.1. The number of hydrogen-bond donors (Lipinski definition) is 1. The van der Waals surface area contributed by atoms with Crippen LogP contribution in [0.15, 0.2) is 6.20 Å². The van der Waals surface area contributed by atoms with E-state index in [0.717, 1.165) is 0 Å². The van der Waals surface area contributed by atoms with Crippen LogP contribution in [0.5, 0.6) is 0 Å². The summed E-state index contributed by atoms with van der Waals surface area (Å²) in [6.45, 7) is 1.46. The van der Waals surface area contributed by atoms with Gasteiger partial charge in [0.15, 0.2) is 0 Å². The van der Waals surface area contributed by atoms with Crippen molar-refractivity contribution in [3.63, 3.8) is 0 Å². The molecule has 5 heteroatoms. The Morgan fingerprint density at radius 1 is 1.75 bits per heavy atom. The molecule has 1 unspecified atom stereocenters. The van der Waals surface area contributed by atoms with Gasteiger partial charge in [-0.05, 0) is 6.92 Å². The zero-order chi connectivity index (χ0) is 9.19. The summed E-state index contributed by atoms with van der Waals surface area (Å²) >= 11 is 0. The Morgan fingerprint density at radius 3 is 2.83 bits per heavy atom. The topological polar surface area (TPSA) is 56.7 Å². The molecule has 0 aliphatic carbocycles. The number of rotatable bonds is 3. The fourth-order valence-corrected chi connectivity index (χ4v) is 0.926. The van der Waals surface area contributed by atoms with Gasteiger partial charge in [-0.2, -0.15) is 0 Å². The number of aromatic nitrogens is 3. The molecule has 68 valence electrons. The van der Waals surface area contributed by atoms with E-state index in [1.165, 1.54) is 6.92 Å². The first kappa shape index (κ1) is 9.12. The van der Waals surface area contributed by atoms with E-state index in [0.29, 0.717) is 5.69 Å². The summed E-state index contributed by atoms with van der Waals surface area (Å²) in [4.78, 5) is 0. The van der Waals surface area contributed by atoms with E-state index >= 15 is 0 Å². The van der Waals surface area contributed by atoms with Crippen molar-refractivity contribution in [3.8, 4) is 0 Å². The maximum Gasteiger partial charge on any atom is 0.126 e. The molecule has 1 heterocycles. The van der Waals surface area contributed by atoms with Crippen molar-refractivity contribution >= 4 is 0 Å². The van der Waals surface area contributed by atoms with Gasteiger partial charge in [-0.1, -0.05) is 5.21 Å². The van der Waals surface area contributed by atoms with E-state index in [1.807, 2.05) is 0 Å². The molecule has 0 radical (unpaired) electrons. The summed E-state index contributed by atoms with van der Waals surface area (Å²) in [6, 6.07) is 0. The van der Waals surface area contributed by atoms with Gasteiger partial charge in [0.05, 0.1) is 5.69 Å². The molecular weight excluding hydrogens is 159 g/mol. The van der Waals surface area contributed by atoms with Gasteiger partial charge in [0.1, 0.15) is 5.67 Å².